The number of rotatable bonds is 8. The molecule has 1 heterocycles. The Morgan fingerprint density at radius 3 is 2.68 bits per heavy atom. The first-order valence-electron chi connectivity index (χ1n) is 7.66. The molecule has 1 aromatic rings. The highest BCUT2D eigenvalue weighted by molar-refractivity contribution is 5.85. The van der Waals surface area contributed by atoms with Crippen LogP contribution in [0.25, 0.3) is 0 Å². The van der Waals surface area contributed by atoms with Gasteiger partial charge in [0.05, 0.1) is 6.61 Å². The van der Waals surface area contributed by atoms with Crippen LogP contribution in [0, 0.1) is 0 Å². The number of halogens is 1. The SMILES string of the molecule is Cl.O=C(COCCc1ccccc1)NCCN1CCNCC1. The van der Waals surface area contributed by atoms with E-state index in [1.807, 2.05) is 18.2 Å². The van der Waals surface area contributed by atoms with Crippen LogP contribution in [0.4, 0.5) is 0 Å². The Morgan fingerprint density at radius 1 is 1.23 bits per heavy atom. The average Bonchev–Trinajstić information content (AvgIpc) is 2.54. The van der Waals surface area contributed by atoms with Gasteiger partial charge in [0.1, 0.15) is 6.61 Å². The molecule has 1 aromatic carbocycles. The number of piperazine rings is 1. The van der Waals surface area contributed by atoms with E-state index in [2.05, 4.69) is 27.7 Å². The second-order valence-electron chi connectivity index (χ2n) is 5.23. The lowest BCUT2D eigenvalue weighted by atomic mass is 10.2. The Hall–Kier alpha value is -1.14. The van der Waals surface area contributed by atoms with E-state index in [0.29, 0.717) is 13.2 Å². The van der Waals surface area contributed by atoms with Crippen LogP contribution in [-0.4, -0.2) is 63.3 Å². The van der Waals surface area contributed by atoms with E-state index in [1.165, 1.54) is 5.56 Å². The maximum atomic E-state index is 11.6. The van der Waals surface area contributed by atoms with Crippen molar-refractivity contribution in [2.75, 3.05) is 52.5 Å². The molecule has 0 radical (unpaired) electrons. The summed E-state index contributed by atoms with van der Waals surface area (Å²) in [6, 6.07) is 10.2. The Labute approximate surface area is 138 Å². The van der Waals surface area contributed by atoms with Crippen molar-refractivity contribution in [1.29, 1.82) is 0 Å². The van der Waals surface area contributed by atoms with Crippen molar-refractivity contribution in [1.82, 2.24) is 15.5 Å². The predicted molar refractivity (Wildman–Crippen MR) is 90.5 cm³/mol. The molecule has 0 aliphatic carbocycles. The zero-order valence-electron chi connectivity index (χ0n) is 12.9. The number of amides is 1. The molecule has 2 rings (SSSR count). The second-order valence-corrected chi connectivity index (χ2v) is 5.23. The van der Waals surface area contributed by atoms with Crippen LogP contribution in [0.2, 0.25) is 0 Å². The molecule has 22 heavy (non-hydrogen) atoms. The molecule has 0 aromatic heterocycles. The van der Waals surface area contributed by atoms with Crippen molar-refractivity contribution >= 4 is 18.3 Å². The Balaban J connectivity index is 0.00000242. The van der Waals surface area contributed by atoms with Gasteiger partial charge in [0.2, 0.25) is 5.91 Å². The number of nitrogens with zero attached hydrogens (tertiary/aromatic N) is 1. The van der Waals surface area contributed by atoms with E-state index in [0.717, 1.165) is 39.1 Å². The van der Waals surface area contributed by atoms with Gasteiger partial charge in [-0.05, 0) is 12.0 Å². The lowest BCUT2D eigenvalue weighted by Gasteiger charge is -2.27. The Bertz CT molecular complexity index is 411. The third-order valence-corrected chi connectivity index (χ3v) is 3.57. The van der Waals surface area contributed by atoms with E-state index in [-0.39, 0.29) is 24.9 Å². The number of hydrogen-bond donors (Lipinski definition) is 2. The van der Waals surface area contributed by atoms with E-state index in [1.54, 1.807) is 0 Å². The highest BCUT2D eigenvalue weighted by Crippen LogP contribution is 1.99. The van der Waals surface area contributed by atoms with Crippen LogP contribution in [0.5, 0.6) is 0 Å². The molecular weight excluding hydrogens is 302 g/mol. The molecule has 124 valence electrons. The molecule has 0 saturated carbocycles. The van der Waals surface area contributed by atoms with Crippen LogP contribution in [-0.2, 0) is 16.0 Å². The van der Waals surface area contributed by atoms with Crippen LogP contribution >= 0.6 is 12.4 Å². The number of benzene rings is 1. The number of carbonyl (C=O) groups is 1. The van der Waals surface area contributed by atoms with Gasteiger partial charge in [-0.15, -0.1) is 12.4 Å². The minimum absolute atomic E-state index is 0. The summed E-state index contributed by atoms with van der Waals surface area (Å²) in [6.07, 6.45) is 0.842. The lowest BCUT2D eigenvalue weighted by Crippen LogP contribution is -2.46. The van der Waals surface area contributed by atoms with Gasteiger partial charge in [-0.25, -0.2) is 0 Å². The topological polar surface area (TPSA) is 53.6 Å². The average molecular weight is 328 g/mol. The van der Waals surface area contributed by atoms with Gasteiger partial charge in [0.15, 0.2) is 0 Å². The third-order valence-electron chi connectivity index (χ3n) is 3.57. The normalized spacial score (nSPS) is 15.1. The van der Waals surface area contributed by atoms with Crippen molar-refractivity contribution in [3.63, 3.8) is 0 Å². The molecule has 1 fully saturated rings. The van der Waals surface area contributed by atoms with Crippen molar-refractivity contribution < 1.29 is 9.53 Å². The fourth-order valence-corrected chi connectivity index (χ4v) is 2.34. The first-order valence-corrected chi connectivity index (χ1v) is 7.66. The summed E-state index contributed by atoms with van der Waals surface area (Å²) >= 11 is 0. The number of nitrogens with one attached hydrogen (secondary N) is 2. The van der Waals surface area contributed by atoms with Gasteiger partial charge in [0, 0.05) is 39.3 Å². The van der Waals surface area contributed by atoms with Gasteiger partial charge in [0.25, 0.3) is 0 Å². The van der Waals surface area contributed by atoms with Gasteiger partial charge < -0.3 is 15.4 Å². The first kappa shape index (κ1) is 18.9. The van der Waals surface area contributed by atoms with Gasteiger partial charge in [-0.1, -0.05) is 30.3 Å². The molecule has 1 aliphatic heterocycles. The summed E-state index contributed by atoms with van der Waals surface area (Å²) in [5.74, 6) is -0.0294. The van der Waals surface area contributed by atoms with Crippen molar-refractivity contribution in [3.05, 3.63) is 35.9 Å². The van der Waals surface area contributed by atoms with Crippen molar-refractivity contribution in [2.45, 2.75) is 6.42 Å². The molecule has 5 nitrogen and oxygen atoms in total. The minimum atomic E-state index is -0.0294. The molecular formula is C16H26ClN3O2. The van der Waals surface area contributed by atoms with Gasteiger partial charge in [-0.2, -0.15) is 0 Å². The molecule has 1 aliphatic rings. The predicted octanol–water partition coefficient (Wildman–Crippen LogP) is 0.689. The number of ether oxygens (including phenoxy) is 1. The standard InChI is InChI=1S/C16H25N3O2.ClH/c20-16(18-9-12-19-10-7-17-8-11-19)14-21-13-6-15-4-2-1-3-5-15;/h1-5,17H,6-14H2,(H,18,20);1H. The smallest absolute Gasteiger partial charge is 0.246 e. The quantitative estimate of drug-likeness (QED) is 0.690. The summed E-state index contributed by atoms with van der Waals surface area (Å²) < 4.78 is 5.41. The maximum Gasteiger partial charge on any atom is 0.246 e. The lowest BCUT2D eigenvalue weighted by molar-refractivity contribution is -0.125. The van der Waals surface area contributed by atoms with Crippen molar-refractivity contribution in [2.24, 2.45) is 0 Å². The Kier molecular flexibility index (Phi) is 9.82. The van der Waals surface area contributed by atoms with Crippen LogP contribution < -0.4 is 10.6 Å². The summed E-state index contributed by atoms with van der Waals surface area (Å²) in [5.41, 5.74) is 1.23. The zero-order valence-corrected chi connectivity index (χ0v) is 13.7. The summed E-state index contributed by atoms with van der Waals surface area (Å²) in [4.78, 5) is 14.0. The minimum Gasteiger partial charge on any atom is -0.371 e. The number of carbonyl (C=O) groups excluding carboxylic acids is 1. The fraction of sp³-hybridized carbons (Fsp3) is 0.562. The van der Waals surface area contributed by atoms with Crippen molar-refractivity contribution in [3.8, 4) is 0 Å². The highest BCUT2D eigenvalue weighted by atomic mass is 35.5. The van der Waals surface area contributed by atoms with E-state index < -0.39 is 0 Å². The number of hydrogen-bond acceptors (Lipinski definition) is 4. The van der Waals surface area contributed by atoms with E-state index >= 15 is 0 Å². The first-order chi connectivity index (χ1) is 10.3. The third kappa shape index (κ3) is 7.75. The van der Waals surface area contributed by atoms with Crippen LogP contribution in [0.1, 0.15) is 5.56 Å². The molecule has 6 heteroatoms. The second kappa shape index (κ2) is 11.4. The largest absolute Gasteiger partial charge is 0.371 e. The molecule has 1 saturated heterocycles. The van der Waals surface area contributed by atoms with E-state index in [9.17, 15) is 4.79 Å². The summed E-state index contributed by atoms with van der Waals surface area (Å²) in [6.45, 7) is 6.53. The molecule has 0 atom stereocenters. The Morgan fingerprint density at radius 2 is 1.95 bits per heavy atom. The summed E-state index contributed by atoms with van der Waals surface area (Å²) in [5, 5.41) is 6.22. The molecule has 2 N–H and O–H groups in total. The highest BCUT2D eigenvalue weighted by Gasteiger charge is 2.09. The van der Waals surface area contributed by atoms with Crippen LogP contribution in [0.15, 0.2) is 30.3 Å². The van der Waals surface area contributed by atoms with Gasteiger partial charge in [-0.3, -0.25) is 9.69 Å². The molecule has 0 bridgehead atoms. The van der Waals surface area contributed by atoms with Crippen LogP contribution in [0.3, 0.4) is 0 Å². The molecule has 1 amide bonds. The molecule has 0 unspecified atom stereocenters. The monoisotopic (exact) mass is 327 g/mol. The van der Waals surface area contributed by atoms with E-state index in [4.69, 9.17) is 4.74 Å². The fourth-order valence-electron chi connectivity index (χ4n) is 2.34. The maximum absolute atomic E-state index is 11.6. The van der Waals surface area contributed by atoms with Gasteiger partial charge >= 0.3 is 0 Å². The summed E-state index contributed by atoms with van der Waals surface area (Å²) in [7, 11) is 0. The molecule has 0 spiro atoms. The zero-order chi connectivity index (χ0) is 14.8.